The van der Waals surface area contributed by atoms with Crippen LogP contribution in [0.2, 0.25) is 17.7 Å². The number of nitrogens with zero attached hydrogens (tertiary/aromatic N) is 2. The van der Waals surface area contributed by atoms with Gasteiger partial charge in [0, 0.05) is 0 Å². The van der Waals surface area contributed by atoms with Crippen molar-refractivity contribution in [3.63, 3.8) is 0 Å². The van der Waals surface area contributed by atoms with Crippen LogP contribution < -0.4 is 0 Å². The maximum absolute atomic E-state index is 7.90. The third kappa shape index (κ3) is 8.98. The first-order valence-corrected chi connectivity index (χ1v) is 22.5. The van der Waals surface area contributed by atoms with Gasteiger partial charge in [0.2, 0.25) is 0 Å². The van der Waals surface area contributed by atoms with E-state index >= 15 is 0 Å². The van der Waals surface area contributed by atoms with Crippen LogP contribution in [0.1, 0.15) is 79.1 Å². The molecular weight excluding hydrogens is 498 g/mol. The molecule has 0 bridgehead atoms. The molecule has 0 aliphatic rings. The van der Waals surface area contributed by atoms with E-state index in [9.17, 15) is 0 Å². The fraction of sp³-hybridized carbons (Fsp3) is 0.889. The predicted molar refractivity (Wildman–Crippen MR) is 105 cm³/mol. The van der Waals surface area contributed by atoms with Crippen LogP contribution in [0.5, 0.6) is 0 Å². The molecule has 0 radical (unpaired) electrons. The van der Waals surface area contributed by atoms with Gasteiger partial charge in [-0.05, 0) is 0 Å². The predicted octanol–water partition coefficient (Wildman–Crippen LogP) is 6.93. The van der Waals surface area contributed by atoms with Crippen LogP contribution >= 0.6 is 0 Å². The van der Waals surface area contributed by atoms with Crippen LogP contribution in [0.15, 0.2) is 0 Å². The van der Waals surface area contributed by atoms with Gasteiger partial charge in [-0.15, -0.1) is 0 Å². The number of rotatable bonds is 14. The fourth-order valence-corrected chi connectivity index (χ4v) is 42.5. The molecule has 132 valence electrons. The molecule has 23 heavy (non-hydrogen) atoms. The quantitative estimate of drug-likeness (QED) is 0.175. The molecule has 0 heterocycles. The van der Waals surface area contributed by atoms with E-state index in [1.807, 2.05) is 0 Å². The van der Waals surface area contributed by atoms with Crippen molar-refractivity contribution in [2.75, 3.05) is 0 Å². The minimum atomic E-state index is -3.27. The van der Waals surface area contributed by atoms with E-state index in [1.165, 1.54) is 0 Å². The molecule has 0 aromatic heterocycles. The van der Waals surface area contributed by atoms with E-state index in [4.69, 9.17) is 14.6 Å². The third-order valence-corrected chi connectivity index (χ3v) is 36.5. The summed E-state index contributed by atoms with van der Waals surface area (Å²) >= 11 is -6.53. The van der Waals surface area contributed by atoms with Gasteiger partial charge < -0.3 is 0 Å². The second-order valence-electron chi connectivity index (χ2n) is 6.63. The van der Waals surface area contributed by atoms with Gasteiger partial charge in [0.25, 0.3) is 0 Å². The normalized spacial score (nSPS) is 11.9. The Morgan fingerprint density at radius 1 is 0.609 bits per heavy atom. The van der Waals surface area contributed by atoms with Crippen LogP contribution in [0, 0.1) is 13.1 Å². The molecule has 0 saturated heterocycles. The van der Waals surface area contributed by atoms with Gasteiger partial charge >= 0.3 is 156 Å². The number of unbranched alkanes of at least 4 members (excludes halogenated alkanes) is 4. The molecule has 0 amide bonds. The van der Waals surface area contributed by atoms with Gasteiger partial charge in [0.15, 0.2) is 0 Å². The molecule has 0 aliphatic carbocycles. The molecule has 3 nitrogen and oxygen atoms in total. The first-order chi connectivity index (χ1) is 11.1. The molecular formula is C18H36N2OSn2. The molecule has 0 rings (SSSR count). The van der Waals surface area contributed by atoms with Crippen molar-refractivity contribution in [2.45, 2.75) is 96.8 Å². The summed E-state index contributed by atoms with van der Waals surface area (Å²) in [6.45, 7) is 24.6. The standard InChI is InChI=1S/4C4H9.2CN.O.2Sn/c4*1-3-4-2;2*1-2;;;/h4*1,3-4H2,2H3;;;;;/q;;;;2*-1;;2*+1. The Morgan fingerprint density at radius 3 is 1.04 bits per heavy atom. The summed E-state index contributed by atoms with van der Waals surface area (Å²) in [5.74, 6) is 0. The molecule has 5 heteroatoms. The van der Waals surface area contributed by atoms with Gasteiger partial charge in [0.05, 0.1) is 0 Å². The Hall–Kier alpha value is 0.537. The zero-order valence-corrected chi connectivity index (χ0v) is 21.5. The summed E-state index contributed by atoms with van der Waals surface area (Å²) < 4.78 is 19.3. The fourth-order valence-electron chi connectivity index (χ4n) is 2.89. The van der Waals surface area contributed by atoms with E-state index in [0.29, 0.717) is 0 Å². The summed E-state index contributed by atoms with van der Waals surface area (Å²) in [6, 6.07) is 0. The SMILES string of the molecule is [C-]#[N+][Sn]([CH2]CCC)([CH2]CCC)[O][Sn]([CH2]CCC)([CH2]CCC)[N+]#[C-]. The molecule has 0 spiro atoms. The summed E-state index contributed by atoms with van der Waals surface area (Å²) in [6.07, 6.45) is 8.99. The molecule has 0 unspecified atom stereocenters. The van der Waals surface area contributed by atoms with E-state index in [1.54, 1.807) is 0 Å². The van der Waals surface area contributed by atoms with Crippen LogP contribution in [0.4, 0.5) is 0 Å². The number of hydrogen-bond acceptors (Lipinski definition) is 1. The zero-order chi connectivity index (χ0) is 17.6. The van der Waals surface area contributed by atoms with Crippen molar-refractivity contribution in [3.8, 4) is 0 Å². The average molecular weight is 534 g/mol. The first-order valence-electron chi connectivity index (χ1n) is 9.55. The Morgan fingerprint density at radius 2 is 0.870 bits per heavy atom. The second kappa shape index (κ2) is 13.8. The van der Waals surface area contributed by atoms with Crippen molar-refractivity contribution in [1.82, 2.24) is 0 Å². The Labute approximate surface area is 154 Å². The van der Waals surface area contributed by atoms with E-state index in [-0.39, 0.29) is 0 Å². The summed E-state index contributed by atoms with van der Waals surface area (Å²) in [4.78, 5) is 0. The molecule has 0 saturated carbocycles. The Bertz CT molecular complexity index is 335. The van der Waals surface area contributed by atoms with Gasteiger partial charge in [-0.2, -0.15) is 0 Å². The topological polar surface area (TPSA) is 17.9 Å². The van der Waals surface area contributed by atoms with Gasteiger partial charge in [-0.3, -0.25) is 0 Å². The van der Waals surface area contributed by atoms with Gasteiger partial charge in [0.1, 0.15) is 0 Å². The minimum absolute atomic E-state index is 1.02. The van der Waals surface area contributed by atoms with Crippen molar-refractivity contribution < 1.29 is 1.41 Å². The average Bonchev–Trinajstić information content (AvgIpc) is 2.60. The molecule has 0 aromatic rings. The maximum atomic E-state index is 7.90. The van der Waals surface area contributed by atoms with Crippen LogP contribution in [0.3, 0.4) is 0 Å². The third-order valence-electron chi connectivity index (χ3n) is 4.47. The van der Waals surface area contributed by atoms with Crippen molar-refractivity contribution in [3.05, 3.63) is 19.3 Å². The van der Waals surface area contributed by atoms with E-state index in [2.05, 4.69) is 33.8 Å². The number of hydrogen-bond donors (Lipinski definition) is 0. The Kier molecular flexibility index (Phi) is 14.1. The molecule has 0 aliphatic heterocycles. The summed E-state index contributed by atoms with van der Waals surface area (Å²) in [5, 5.41) is 0. The molecule has 0 aromatic carbocycles. The summed E-state index contributed by atoms with van der Waals surface area (Å²) in [7, 11) is 0. The van der Waals surface area contributed by atoms with Crippen LogP contribution in [-0.2, 0) is 1.41 Å². The van der Waals surface area contributed by atoms with Gasteiger partial charge in [-0.25, -0.2) is 0 Å². The first kappa shape index (κ1) is 23.5. The second-order valence-corrected chi connectivity index (χ2v) is 28.9. The van der Waals surface area contributed by atoms with E-state index in [0.717, 1.165) is 69.1 Å². The monoisotopic (exact) mass is 536 g/mol. The molecule has 0 fully saturated rings. The van der Waals surface area contributed by atoms with Crippen molar-refractivity contribution in [1.29, 1.82) is 0 Å². The molecule has 0 N–H and O–H groups in total. The van der Waals surface area contributed by atoms with Crippen molar-refractivity contribution >= 4 is 38.1 Å². The Balaban J connectivity index is 5.36. The molecule has 0 atom stereocenters. The van der Waals surface area contributed by atoms with Crippen molar-refractivity contribution in [2.24, 2.45) is 0 Å². The van der Waals surface area contributed by atoms with Gasteiger partial charge in [-0.1, -0.05) is 0 Å². The zero-order valence-electron chi connectivity index (χ0n) is 15.8. The summed E-state index contributed by atoms with van der Waals surface area (Å²) in [5.41, 5.74) is 0. The van der Waals surface area contributed by atoms with E-state index < -0.39 is 38.1 Å². The van der Waals surface area contributed by atoms with Crippen LogP contribution in [0.25, 0.3) is 6.13 Å². The van der Waals surface area contributed by atoms with Crippen LogP contribution in [-0.4, -0.2) is 38.1 Å².